The first-order valence-electron chi connectivity index (χ1n) is 5.15. The minimum atomic E-state index is 0.0625. The molecule has 0 aromatic heterocycles. The summed E-state index contributed by atoms with van der Waals surface area (Å²) in [5.74, 6) is 0.0625. The van der Waals surface area contributed by atoms with E-state index in [2.05, 4.69) is 22.6 Å². The van der Waals surface area contributed by atoms with Gasteiger partial charge in [-0.1, -0.05) is 0 Å². The van der Waals surface area contributed by atoms with Gasteiger partial charge in [-0.25, -0.2) is 0 Å². The maximum absolute atomic E-state index is 11.9. The van der Waals surface area contributed by atoms with Gasteiger partial charge in [0.2, 0.25) is 0 Å². The number of rotatable bonds is 5. The third-order valence-electron chi connectivity index (χ3n) is 2.28. The Bertz CT molecular complexity index is 337. The summed E-state index contributed by atoms with van der Waals surface area (Å²) in [6.07, 6.45) is 0.864. The van der Waals surface area contributed by atoms with E-state index in [4.69, 9.17) is 4.74 Å². The van der Waals surface area contributed by atoms with E-state index in [0.29, 0.717) is 6.61 Å². The standard InChI is InChI=1S/C12H16INO2/c1-14(8-3-9-16-2)12(15)10-4-6-11(13)7-5-10/h4-7H,3,8-9H2,1-2H3. The molecule has 1 rings (SSSR count). The molecule has 0 heterocycles. The van der Waals surface area contributed by atoms with Gasteiger partial charge in [0.15, 0.2) is 0 Å². The van der Waals surface area contributed by atoms with Crippen molar-refractivity contribution >= 4 is 28.5 Å². The van der Waals surface area contributed by atoms with Crippen LogP contribution in [0.3, 0.4) is 0 Å². The molecule has 0 atom stereocenters. The number of benzene rings is 1. The van der Waals surface area contributed by atoms with E-state index in [9.17, 15) is 4.79 Å². The van der Waals surface area contributed by atoms with Crippen LogP contribution in [0.15, 0.2) is 24.3 Å². The Labute approximate surface area is 110 Å². The Hall–Kier alpha value is -0.620. The molecule has 16 heavy (non-hydrogen) atoms. The first-order chi connectivity index (χ1) is 7.65. The van der Waals surface area contributed by atoms with Gasteiger partial charge in [-0.2, -0.15) is 0 Å². The number of hydrogen-bond donors (Lipinski definition) is 0. The van der Waals surface area contributed by atoms with Crippen molar-refractivity contribution in [1.82, 2.24) is 4.90 Å². The van der Waals surface area contributed by atoms with Crippen LogP contribution in [0.25, 0.3) is 0 Å². The van der Waals surface area contributed by atoms with E-state index in [-0.39, 0.29) is 5.91 Å². The lowest BCUT2D eigenvalue weighted by atomic mass is 10.2. The maximum atomic E-state index is 11.9. The molecule has 3 nitrogen and oxygen atoms in total. The topological polar surface area (TPSA) is 29.5 Å². The highest BCUT2D eigenvalue weighted by Gasteiger charge is 2.10. The summed E-state index contributed by atoms with van der Waals surface area (Å²) in [5, 5.41) is 0. The molecule has 0 aliphatic rings. The molecule has 0 saturated heterocycles. The maximum Gasteiger partial charge on any atom is 0.253 e. The smallest absolute Gasteiger partial charge is 0.253 e. The highest BCUT2D eigenvalue weighted by molar-refractivity contribution is 14.1. The van der Waals surface area contributed by atoms with Gasteiger partial charge < -0.3 is 9.64 Å². The largest absolute Gasteiger partial charge is 0.385 e. The molecule has 0 fully saturated rings. The van der Waals surface area contributed by atoms with E-state index < -0.39 is 0 Å². The van der Waals surface area contributed by atoms with Crippen LogP contribution >= 0.6 is 22.6 Å². The van der Waals surface area contributed by atoms with Crippen LogP contribution in [0.5, 0.6) is 0 Å². The van der Waals surface area contributed by atoms with Crippen LogP contribution in [-0.2, 0) is 4.74 Å². The van der Waals surface area contributed by atoms with Crippen molar-refractivity contribution < 1.29 is 9.53 Å². The predicted octanol–water partition coefficient (Wildman–Crippen LogP) is 2.40. The zero-order chi connectivity index (χ0) is 12.0. The summed E-state index contributed by atoms with van der Waals surface area (Å²) in [5.41, 5.74) is 0.736. The van der Waals surface area contributed by atoms with E-state index in [1.54, 1.807) is 12.0 Å². The van der Waals surface area contributed by atoms with Gasteiger partial charge in [-0.05, 0) is 53.3 Å². The summed E-state index contributed by atoms with van der Waals surface area (Å²) in [7, 11) is 3.48. The molecule has 0 bridgehead atoms. The van der Waals surface area contributed by atoms with Crippen molar-refractivity contribution in [1.29, 1.82) is 0 Å². The Morgan fingerprint density at radius 3 is 2.56 bits per heavy atom. The number of halogens is 1. The number of carbonyl (C=O) groups is 1. The zero-order valence-corrected chi connectivity index (χ0v) is 11.7. The second kappa shape index (κ2) is 6.85. The monoisotopic (exact) mass is 333 g/mol. The first kappa shape index (κ1) is 13.4. The lowest BCUT2D eigenvalue weighted by Crippen LogP contribution is -2.28. The second-order valence-electron chi connectivity index (χ2n) is 3.58. The number of carbonyl (C=O) groups excluding carboxylic acids is 1. The molecule has 0 unspecified atom stereocenters. The van der Waals surface area contributed by atoms with Crippen molar-refractivity contribution in [3.63, 3.8) is 0 Å². The molecular weight excluding hydrogens is 317 g/mol. The van der Waals surface area contributed by atoms with Crippen LogP contribution in [0, 0.1) is 3.57 Å². The Morgan fingerprint density at radius 2 is 2.00 bits per heavy atom. The number of ether oxygens (including phenoxy) is 1. The summed E-state index contributed by atoms with van der Waals surface area (Å²) in [6, 6.07) is 7.60. The fourth-order valence-corrected chi connectivity index (χ4v) is 1.72. The third kappa shape index (κ3) is 4.09. The fourth-order valence-electron chi connectivity index (χ4n) is 1.36. The van der Waals surface area contributed by atoms with E-state index in [1.807, 2.05) is 31.3 Å². The van der Waals surface area contributed by atoms with Gasteiger partial charge in [0.05, 0.1) is 0 Å². The summed E-state index contributed by atoms with van der Waals surface area (Å²) >= 11 is 2.22. The highest BCUT2D eigenvalue weighted by Crippen LogP contribution is 2.08. The highest BCUT2D eigenvalue weighted by atomic mass is 127. The van der Waals surface area contributed by atoms with Gasteiger partial charge in [-0.3, -0.25) is 4.79 Å². The number of nitrogens with zero attached hydrogens (tertiary/aromatic N) is 1. The third-order valence-corrected chi connectivity index (χ3v) is 3.00. The Kier molecular flexibility index (Phi) is 5.76. The minimum Gasteiger partial charge on any atom is -0.385 e. The lowest BCUT2D eigenvalue weighted by Gasteiger charge is -2.16. The second-order valence-corrected chi connectivity index (χ2v) is 4.83. The molecule has 0 aliphatic heterocycles. The molecule has 0 spiro atoms. The van der Waals surface area contributed by atoms with Gasteiger partial charge in [0.25, 0.3) is 5.91 Å². The molecule has 88 valence electrons. The van der Waals surface area contributed by atoms with Gasteiger partial charge >= 0.3 is 0 Å². The summed E-state index contributed by atoms with van der Waals surface area (Å²) in [6.45, 7) is 1.41. The van der Waals surface area contributed by atoms with Gasteiger partial charge in [0, 0.05) is 36.4 Å². The molecule has 1 aromatic rings. The number of amides is 1. The molecule has 4 heteroatoms. The van der Waals surface area contributed by atoms with Crippen LogP contribution in [-0.4, -0.2) is 38.1 Å². The zero-order valence-electron chi connectivity index (χ0n) is 9.57. The molecule has 0 aliphatic carbocycles. The van der Waals surface area contributed by atoms with Crippen molar-refractivity contribution in [2.75, 3.05) is 27.3 Å². The Balaban J connectivity index is 2.53. The van der Waals surface area contributed by atoms with Crippen LogP contribution in [0.2, 0.25) is 0 Å². The van der Waals surface area contributed by atoms with Crippen molar-refractivity contribution in [2.45, 2.75) is 6.42 Å². The average Bonchev–Trinajstić information content (AvgIpc) is 2.29. The lowest BCUT2D eigenvalue weighted by molar-refractivity contribution is 0.0779. The molecule has 0 N–H and O–H groups in total. The first-order valence-corrected chi connectivity index (χ1v) is 6.23. The van der Waals surface area contributed by atoms with Crippen LogP contribution in [0.1, 0.15) is 16.8 Å². The average molecular weight is 333 g/mol. The molecule has 1 amide bonds. The van der Waals surface area contributed by atoms with Crippen molar-refractivity contribution in [3.8, 4) is 0 Å². The van der Waals surface area contributed by atoms with E-state index in [1.165, 1.54) is 0 Å². The summed E-state index contributed by atoms with van der Waals surface area (Å²) in [4.78, 5) is 13.7. The van der Waals surface area contributed by atoms with E-state index in [0.717, 1.165) is 22.1 Å². The quantitative estimate of drug-likeness (QED) is 0.612. The molecule has 0 saturated carbocycles. The fraction of sp³-hybridized carbons (Fsp3) is 0.417. The summed E-state index contributed by atoms with van der Waals surface area (Å²) < 4.78 is 6.09. The number of hydrogen-bond acceptors (Lipinski definition) is 2. The van der Waals surface area contributed by atoms with Crippen molar-refractivity contribution in [3.05, 3.63) is 33.4 Å². The van der Waals surface area contributed by atoms with Crippen LogP contribution in [0.4, 0.5) is 0 Å². The Morgan fingerprint density at radius 1 is 1.38 bits per heavy atom. The minimum absolute atomic E-state index is 0.0625. The van der Waals surface area contributed by atoms with Gasteiger partial charge in [-0.15, -0.1) is 0 Å². The molecule has 1 aromatic carbocycles. The molecular formula is C12H16INO2. The van der Waals surface area contributed by atoms with Gasteiger partial charge in [0.1, 0.15) is 0 Å². The van der Waals surface area contributed by atoms with Crippen LogP contribution < -0.4 is 0 Å². The number of methoxy groups -OCH3 is 1. The SMILES string of the molecule is COCCCN(C)C(=O)c1ccc(I)cc1. The normalized spacial score (nSPS) is 10.2. The predicted molar refractivity (Wildman–Crippen MR) is 72.6 cm³/mol. The molecule has 0 radical (unpaired) electrons. The van der Waals surface area contributed by atoms with Crippen molar-refractivity contribution in [2.24, 2.45) is 0 Å². The van der Waals surface area contributed by atoms with E-state index >= 15 is 0 Å².